The molecule has 0 radical (unpaired) electrons. The topological polar surface area (TPSA) is 26.3 Å². The third kappa shape index (κ3) is 6.02. The quantitative estimate of drug-likeness (QED) is 0.313. The molecule has 0 N–H and O–H groups in total. The first-order valence-corrected chi connectivity index (χ1v) is 3.02. The highest BCUT2D eigenvalue weighted by Gasteiger charge is 1.85. The Kier molecular flexibility index (Phi) is 5.77. The first-order valence-electron chi connectivity index (χ1n) is 3.02. The average molecular weight is 158 g/mol. The lowest BCUT2D eigenvalue weighted by molar-refractivity contribution is -0.134. The van der Waals surface area contributed by atoms with Gasteiger partial charge in [-0.15, -0.1) is 6.42 Å². The second-order valence-electron chi connectivity index (χ2n) is 1.52. The number of carbonyl (C=O) groups excluding carboxylic acids is 1. The second kappa shape index (κ2) is 7.00. The van der Waals surface area contributed by atoms with E-state index in [1.807, 2.05) is 0 Å². The molecule has 0 aliphatic heterocycles. The highest BCUT2D eigenvalue weighted by molar-refractivity contribution is 5.82. The van der Waals surface area contributed by atoms with E-state index in [1.165, 1.54) is 19.3 Å². The molecule has 0 spiro atoms. The van der Waals surface area contributed by atoms with Crippen LogP contribution >= 0.6 is 0 Å². The number of terminal acetylenes is 1. The molecule has 2 heteroatoms. The Labute approximate surface area is 71.6 Å². The van der Waals surface area contributed by atoms with Gasteiger partial charge in [-0.2, -0.15) is 0 Å². The van der Waals surface area contributed by atoms with E-state index in [9.17, 15) is 4.79 Å². The van der Waals surface area contributed by atoms with Gasteiger partial charge in [-0.1, -0.05) is 5.92 Å². The fraction of sp³-hybridized carbons (Fsp3) is 0.100. The Balaban J connectivity index is 3.96. The maximum Gasteiger partial charge on any atom is 0.331 e. The zero-order valence-electron chi connectivity index (χ0n) is 6.55. The van der Waals surface area contributed by atoms with Crippen molar-refractivity contribution in [1.29, 1.82) is 0 Å². The fourth-order valence-electron chi connectivity index (χ4n) is 0.323. The van der Waals surface area contributed by atoms with Crippen LogP contribution in [-0.4, -0.2) is 13.1 Å². The van der Waals surface area contributed by atoms with E-state index in [-0.39, 0.29) is 0 Å². The molecular weight excluding hydrogens is 152 g/mol. The van der Waals surface area contributed by atoms with Crippen molar-refractivity contribution < 1.29 is 9.53 Å². The van der Waals surface area contributed by atoms with E-state index in [1.54, 1.807) is 0 Å². The number of rotatable bonds is 1. The predicted octanol–water partition coefficient (Wildman–Crippen LogP) is 0.356. The maximum atomic E-state index is 10.5. The van der Waals surface area contributed by atoms with Crippen molar-refractivity contribution in [2.24, 2.45) is 0 Å². The van der Waals surface area contributed by atoms with E-state index in [0.29, 0.717) is 0 Å². The molecule has 0 unspecified atom stereocenters. The van der Waals surface area contributed by atoms with Crippen LogP contribution in [0.3, 0.4) is 0 Å². The monoisotopic (exact) mass is 158 g/mol. The molecule has 0 rings (SSSR count). The maximum absolute atomic E-state index is 10.5. The number of allylic oxidation sites excluding steroid dienone is 1. The SMILES string of the molecule is C#CC#CC#C/C=C/C(=O)OC. The number of carbonyl (C=O) groups is 1. The molecule has 58 valence electrons. The van der Waals surface area contributed by atoms with E-state index >= 15 is 0 Å². The van der Waals surface area contributed by atoms with Crippen LogP contribution in [0.2, 0.25) is 0 Å². The van der Waals surface area contributed by atoms with Gasteiger partial charge >= 0.3 is 5.97 Å². The lowest BCUT2D eigenvalue weighted by Gasteiger charge is -1.84. The molecule has 2 nitrogen and oxygen atoms in total. The first kappa shape index (κ1) is 9.89. The molecule has 0 saturated heterocycles. The van der Waals surface area contributed by atoms with Gasteiger partial charge in [-0.05, 0) is 29.8 Å². The van der Waals surface area contributed by atoms with Gasteiger partial charge in [0, 0.05) is 6.08 Å². The molecule has 0 amide bonds. The van der Waals surface area contributed by atoms with Gasteiger partial charge in [-0.3, -0.25) is 0 Å². The third-order valence-corrected chi connectivity index (χ3v) is 0.773. The van der Waals surface area contributed by atoms with Crippen molar-refractivity contribution in [2.45, 2.75) is 0 Å². The number of esters is 1. The van der Waals surface area contributed by atoms with Gasteiger partial charge in [0.05, 0.1) is 7.11 Å². The van der Waals surface area contributed by atoms with Crippen molar-refractivity contribution >= 4 is 5.97 Å². The Hall–Kier alpha value is -2.11. The number of hydrogen-bond donors (Lipinski definition) is 0. The molecule has 0 aromatic heterocycles. The van der Waals surface area contributed by atoms with Crippen LogP contribution in [-0.2, 0) is 9.53 Å². The van der Waals surface area contributed by atoms with Gasteiger partial charge in [0.2, 0.25) is 0 Å². The van der Waals surface area contributed by atoms with Gasteiger partial charge in [0.1, 0.15) is 0 Å². The fourth-order valence-corrected chi connectivity index (χ4v) is 0.323. The van der Waals surface area contributed by atoms with E-state index in [0.717, 1.165) is 0 Å². The zero-order valence-corrected chi connectivity index (χ0v) is 6.55. The highest BCUT2D eigenvalue weighted by atomic mass is 16.5. The highest BCUT2D eigenvalue weighted by Crippen LogP contribution is 1.75. The standard InChI is InChI=1S/C10H6O2/c1-3-4-5-6-7-8-9-10(11)12-2/h1,8-9H,2H3/b9-8+. The van der Waals surface area contributed by atoms with E-state index in [2.05, 4.69) is 34.3 Å². The van der Waals surface area contributed by atoms with Crippen molar-refractivity contribution in [2.75, 3.05) is 7.11 Å². The van der Waals surface area contributed by atoms with Crippen molar-refractivity contribution in [1.82, 2.24) is 0 Å². The summed E-state index contributed by atoms with van der Waals surface area (Å²) in [5, 5.41) is 0. The molecule has 12 heavy (non-hydrogen) atoms. The third-order valence-electron chi connectivity index (χ3n) is 0.773. The minimum absolute atomic E-state index is 0.450. The van der Waals surface area contributed by atoms with Crippen LogP contribution in [0.15, 0.2) is 12.2 Å². The van der Waals surface area contributed by atoms with Crippen LogP contribution < -0.4 is 0 Å². The van der Waals surface area contributed by atoms with Crippen LogP contribution in [0.4, 0.5) is 0 Å². The molecule has 0 fully saturated rings. The smallest absolute Gasteiger partial charge is 0.331 e. The molecule has 0 atom stereocenters. The number of ether oxygens (including phenoxy) is 1. The van der Waals surface area contributed by atoms with Crippen molar-refractivity contribution in [3.63, 3.8) is 0 Å². The molecule has 0 aromatic rings. The van der Waals surface area contributed by atoms with Gasteiger partial charge < -0.3 is 4.74 Å². The number of hydrogen-bond acceptors (Lipinski definition) is 2. The van der Waals surface area contributed by atoms with Gasteiger partial charge in [0.25, 0.3) is 0 Å². The minimum Gasteiger partial charge on any atom is -0.466 e. The molecule has 0 aliphatic carbocycles. The summed E-state index contributed by atoms with van der Waals surface area (Å²) >= 11 is 0. The summed E-state index contributed by atoms with van der Waals surface area (Å²) in [4.78, 5) is 10.5. The minimum atomic E-state index is -0.450. The normalized spacial score (nSPS) is 7.00. The predicted molar refractivity (Wildman–Crippen MR) is 45.5 cm³/mol. The zero-order chi connectivity index (χ0) is 9.23. The Bertz CT molecular complexity index is 334. The van der Waals surface area contributed by atoms with Gasteiger partial charge in [-0.25, -0.2) is 4.79 Å². The summed E-state index contributed by atoms with van der Waals surface area (Å²) in [6.45, 7) is 0. The van der Waals surface area contributed by atoms with Crippen molar-refractivity contribution in [3.05, 3.63) is 12.2 Å². The van der Waals surface area contributed by atoms with E-state index in [4.69, 9.17) is 6.42 Å². The Morgan fingerprint density at radius 2 is 2.17 bits per heavy atom. The summed E-state index contributed by atoms with van der Waals surface area (Å²) in [5.41, 5.74) is 0. The molecule has 0 heterocycles. The molecule has 0 saturated carbocycles. The largest absolute Gasteiger partial charge is 0.466 e. The van der Waals surface area contributed by atoms with Crippen molar-refractivity contribution in [3.8, 4) is 36.0 Å². The van der Waals surface area contributed by atoms with Crippen LogP contribution in [0.5, 0.6) is 0 Å². The Morgan fingerprint density at radius 1 is 1.42 bits per heavy atom. The summed E-state index contributed by atoms with van der Waals surface area (Å²) < 4.78 is 4.32. The molecule has 0 bridgehead atoms. The number of methoxy groups -OCH3 is 1. The molecular formula is C10H6O2. The van der Waals surface area contributed by atoms with E-state index < -0.39 is 5.97 Å². The van der Waals surface area contributed by atoms with Crippen LogP contribution in [0.25, 0.3) is 0 Å². The Morgan fingerprint density at radius 3 is 2.75 bits per heavy atom. The molecule has 0 aromatic carbocycles. The summed E-state index contributed by atoms with van der Waals surface area (Å²) in [7, 11) is 1.29. The first-order chi connectivity index (χ1) is 5.81. The average Bonchev–Trinajstić information content (AvgIpc) is 2.10. The summed E-state index contributed by atoms with van der Waals surface area (Å²) in [6, 6.07) is 0. The van der Waals surface area contributed by atoms with Crippen LogP contribution in [0, 0.1) is 36.0 Å². The summed E-state index contributed by atoms with van der Waals surface area (Å²) in [6.07, 6.45) is 7.37. The van der Waals surface area contributed by atoms with Gasteiger partial charge in [0.15, 0.2) is 0 Å². The lowest BCUT2D eigenvalue weighted by atomic mass is 10.4. The van der Waals surface area contributed by atoms with Crippen LogP contribution in [0.1, 0.15) is 0 Å². The summed E-state index contributed by atoms with van der Waals surface area (Å²) in [5.74, 6) is 11.2. The lowest BCUT2D eigenvalue weighted by Crippen LogP contribution is -1.92. The molecule has 0 aliphatic rings. The second-order valence-corrected chi connectivity index (χ2v) is 1.52.